The van der Waals surface area contributed by atoms with Gasteiger partial charge in [0.2, 0.25) is 0 Å². The molecule has 0 spiro atoms. The number of aromatic nitrogens is 1. The first-order valence-electron chi connectivity index (χ1n) is 5.19. The number of carboxylic acid groups (broad SMARTS) is 1. The first-order valence-corrected chi connectivity index (χ1v) is 5.57. The maximum absolute atomic E-state index is 10.5. The van der Waals surface area contributed by atoms with Crippen LogP contribution in [0.5, 0.6) is 0 Å². The summed E-state index contributed by atoms with van der Waals surface area (Å²) in [6.07, 6.45) is 2.68. The molecule has 0 atom stereocenters. The highest BCUT2D eigenvalue weighted by molar-refractivity contribution is 6.32. The molecular formula is C13H12ClNO2. The Labute approximate surface area is 104 Å². The number of hydrogen-bond acceptors (Lipinski definition) is 1. The molecule has 0 radical (unpaired) electrons. The first kappa shape index (κ1) is 11.7. The molecule has 0 aliphatic carbocycles. The number of H-pyrrole nitrogens is 1. The molecule has 88 valence electrons. The summed E-state index contributed by atoms with van der Waals surface area (Å²) < 4.78 is 0. The van der Waals surface area contributed by atoms with E-state index in [1.165, 1.54) is 0 Å². The summed E-state index contributed by atoms with van der Waals surface area (Å²) in [7, 11) is 0. The summed E-state index contributed by atoms with van der Waals surface area (Å²) in [6.45, 7) is 3.89. The van der Waals surface area contributed by atoms with Crippen LogP contribution in [0.3, 0.4) is 0 Å². The number of carbonyl (C=O) groups is 1. The van der Waals surface area contributed by atoms with Crippen molar-refractivity contribution in [1.29, 1.82) is 0 Å². The van der Waals surface area contributed by atoms with Crippen LogP contribution in [-0.4, -0.2) is 16.1 Å². The number of halogens is 1. The Morgan fingerprint density at radius 1 is 1.35 bits per heavy atom. The molecule has 0 bridgehead atoms. The summed E-state index contributed by atoms with van der Waals surface area (Å²) in [5, 5.41) is 10.4. The minimum absolute atomic E-state index is 0.701. The summed E-state index contributed by atoms with van der Waals surface area (Å²) in [6, 6.07) is 3.79. The normalized spacial score (nSPS) is 11.5. The van der Waals surface area contributed by atoms with Gasteiger partial charge in [0.05, 0.1) is 5.52 Å². The van der Waals surface area contributed by atoms with Crippen LogP contribution >= 0.6 is 11.6 Å². The zero-order chi connectivity index (χ0) is 12.6. The van der Waals surface area contributed by atoms with Crippen molar-refractivity contribution in [2.75, 3.05) is 0 Å². The zero-order valence-electron chi connectivity index (χ0n) is 9.54. The molecule has 0 saturated heterocycles. The van der Waals surface area contributed by atoms with Crippen molar-refractivity contribution >= 4 is 34.5 Å². The number of benzene rings is 1. The second-order valence-corrected chi connectivity index (χ2v) is 4.34. The van der Waals surface area contributed by atoms with Gasteiger partial charge < -0.3 is 10.1 Å². The fourth-order valence-corrected chi connectivity index (χ4v) is 2.01. The Balaban J connectivity index is 2.64. The lowest BCUT2D eigenvalue weighted by Gasteiger charge is -1.98. The highest BCUT2D eigenvalue weighted by Gasteiger charge is 2.09. The molecule has 1 aromatic carbocycles. The van der Waals surface area contributed by atoms with E-state index in [0.29, 0.717) is 5.02 Å². The van der Waals surface area contributed by atoms with E-state index in [9.17, 15) is 4.79 Å². The number of fused-ring (bicyclic) bond motifs is 1. The van der Waals surface area contributed by atoms with Gasteiger partial charge in [-0.2, -0.15) is 0 Å². The van der Waals surface area contributed by atoms with Gasteiger partial charge in [-0.15, -0.1) is 0 Å². The summed E-state index contributed by atoms with van der Waals surface area (Å²) >= 11 is 6.04. The molecular weight excluding hydrogens is 238 g/mol. The number of carboxylic acids is 1. The molecule has 0 saturated carbocycles. The molecule has 0 amide bonds. The minimum Gasteiger partial charge on any atom is -0.478 e. The number of aliphatic carboxylic acids is 1. The van der Waals surface area contributed by atoms with Gasteiger partial charge in [-0.05, 0) is 37.1 Å². The molecule has 0 aliphatic heterocycles. The minimum atomic E-state index is -0.960. The topological polar surface area (TPSA) is 53.1 Å². The number of nitrogens with one attached hydrogen (secondary N) is 1. The van der Waals surface area contributed by atoms with Crippen LogP contribution < -0.4 is 0 Å². The zero-order valence-corrected chi connectivity index (χ0v) is 10.3. The van der Waals surface area contributed by atoms with Crippen LogP contribution in [0.1, 0.15) is 16.8 Å². The second-order valence-electron chi connectivity index (χ2n) is 3.93. The smallest absolute Gasteiger partial charge is 0.328 e. The largest absolute Gasteiger partial charge is 0.478 e. The third-order valence-corrected chi connectivity index (χ3v) is 3.27. The highest BCUT2D eigenvalue weighted by Crippen LogP contribution is 2.29. The van der Waals surface area contributed by atoms with Crippen molar-refractivity contribution in [2.24, 2.45) is 0 Å². The molecule has 0 fully saturated rings. The van der Waals surface area contributed by atoms with Gasteiger partial charge in [-0.3, -0.25) is 0 Å². The van der Waals surface area contributed by atoms with E-state index in [0.717, 1.165) is 33.8 Å². The van der Waals surface area contributed by atoms with Crippen LogP contribution in [0.4, 0.5) is 0 Å². The summed E-state index contributed by atoms with van der Waals surface area (Å²) in [5.41, 5.74) is 3.76. The maximum atomic E-state index is 10.5. The Morgan fingerprint density at radius 2 is 2.06 bits per heavy atom. The third kappa shape index (κ3) is 2.06. The van der Waals surface area contributed by atoms with Crippen molar-refractivity contribution < 1.29 is 9.90 Å². The van der Waals surface area contributed by atoms with E-state index in [1.807, 2.05) is 26.0 Å². The van der Waals surface area contributed by atoms with Crippen LogP contribution in [0, 0.1) is 13.8 Å². The van der Waals surface area contributed by atoms with Crippen molar-refractivity contribution in [1.82, 2.24) is 4.98 Å². The molecule has 0 aliphatic rings. The highest BCUT2D eigenvalue weighted by atomic mass is 35.5. The van der Waals surface area contributed by atoms with Crippen molar-refractivity contribution in [3.8, 4) is 0 Å². The van der Waals surface area contributed by atoms with Gasteiger partial charge in [0.15, 0.2) is 0 Å². The van der Waals surface area contributed by atoms with E-state index in [2.05, 4.69) is 4.98 Å². The van der Waals surface area contributed by atoms with E-state index in [4.69, 9.17) is 16.7 Å². The molecule has 3 nitrogen and oxygen atoms in total. The van der Waals surface area contributed by atoms with Crippen LogP contribution in [0.25, 0.3) is 17.0 Å². The lowest BCUT2D eigenvalue weighted by molar-refractivity contribution is -0.131. The number of hydrogen-bond donors (Lipinski definition) is 2. The monoisotopic (exact) mass is 249 g/mol. The molecule has 4 heteroatoms. The van der Waals surface area contributed by atoms with E-state index in [-0.39, 0.29) is 0 Å². The van der Waals surface area contributed by atoms with E-state index in [1.54, 1.807) is 6.08 Å². The van der Waals surface area contributed by atoms with Crippen LogP contribution in [-0.2, 0) is 4.79 Å². The second kappa shape index (κ2) is 4.26. The molecule has 17 heavy (non-hydrogen) atoms. The molecule has 1 aromatic heterocycles. The summed E-state index contributed by atoms with van der Waals surface area (Å²) in [4.78, 5) is 13.7. The lowest BCUT2D eigenvalue weighted by Crippen LogP contribution is -1.86. The van der Waals surface area contributed by atoms with Crippen LogP contribution in [0.15, 0.2) is 18.2 Å². The number of rotatable bonds is 2. The number of aromatic amines is 1. The predicted octanol–water partition coefficient (Wildman–Crippen LogP) is 3.54. The van der Waals surface area contributed by atoms with Crippen molar-refractivity contribution in [3.63, 3.8) is 0 Å². The standard InChI is InChI=1S/C13H12ClNO2/c1-7-9-3-4-10(14)8(2)13(9)15-11(7)5-6-12(16)17/h3-6,15H,1-2H3,(H,16,17)/b6-5+. The molecule has 2 aromatic rings. The van der Waals surface area contributed by atoms with Crippen molar-refractivity contribution in [2.45, 2.75) is 13.8 Å². The van der Waals surface area contributed by atoms with Gasteiger partial charge >= 0.3 is 5.97 Å². The predicted molar refractivity (Wildman–Crippen MR) is 69.5 cm³/mol. The van der Waals surface area contributed by atoms with Gasteiger partial charge in [-0.1, -0.05) is 17.7 Å². The van der Waals surface area contributed by atoms with Gasteiger partial charge in [0, 0.05) is 22.2 Å². The van der Waals surface area contributed by atoms with Crippen LogP contribution in [0.2, 0.25) is 5.02 Å². The quantitative estimate of drug-likeness (QED) is 0.800. The fourth-order valence-electron chi connectivity index (χ4n) is 1.85. The average molecular weight is 250 g/mol. The summed E-state index contributed by atoms with van der Waals surface area (Å²) in [5.74, 6) is -0.960. The van der Waals surface area contributed by atoms with Gasteiger partial charge in [-0.25, -0.2) is 4.79 Å². The maximum Gasteiger partial charge on any atom is 0.328 e. The number of aryl methyl sites for hydroxylation is 2. The van der Waals surface area contributed by atoms with Crippen molar-refractivity contribution in [3.05, 3.63) is 40.1 Å². The Kier molecular flexibility index (Phi) is 2.94. The molecule has 2 rings (SSSR count). The molecule has 1 heterocycles. The fraction of sp³-hybridized carbons (Fsp3) is 0.154. The Morgan fingerprint density at radius 3 is 2.71 bits per heavy atom. The van der Waals surface area contributed by atoms with Gasteiger partial charge in [0.25, 0.3) is 0 Å². The lowest BCUT2D eigenvalue weighted by atomic mass is 10.1. The Bertz CT molecular complexity index is 626. The first-order chi connectivity index (χ1) is 8.00. The average Bonchev–Trinajstić information content (AvgIpc) is 2.59. The SMILES string of the molecule is Cc1c(/C=C/C(=O)O)[nH]c2c(C)c(Cl)ccc12. The van der Waals surface area contributed by atoms with E-state index >= 15 is 0 Å². The molecule has 0 unspecified atom stereocenters. The Hall–Kier alpha value is -1.74. The molecule has 2 N–H and O–H groups in total. The third-order valence-electron chi connectivity index (χ3n) is 2.86. The van der Waals surface area contributed by atoms with Gasteiger partial charge in [0.1, 0.15) is 0 Å². The van der Waals surface area contributed by atoms with E-state index < -0.39 is 5.97 Å².